The molecule has 0 radical (unpaired) electrons. The van der Waals surface area contributed by atoms with Crippen LogP contribution in [0.15, 0.2) is 0 Å². The number of hydrogen-bond donors (Lipinski definition) is 1. The first-order valence-electron chi connectivity index (χ1n) is 6.26. The predicted molar refractivity (Wildman–Crippen MR) is 70.5 cm³/mol. The molecular weight excluding hydrogens is 222 g/mol. The second-order valence-corrected chi connectivity index (χ2v) is 7.14. The van der Waals surface area contributed by atoms with Gasteiger partial charge in [0, 0.05) is 18.8 Å². The Morgan fingerprint density at radius 3 is 2.00 bits per heavy atom. The lowest BCUT2D eigenvalue weighted by molar-refractivity contribution is 0.414. The van der Waals surface area contributed by atoms with Crippen molar-refractivity contribution in [1.29, 1.82) is 0 Å². The van der Waals surface area contributed by atoms with Crippen LogP contribution >= 0.6 is 0 Å². The van der Waals surface area contributed by atoms with Crippen LogP contribution in [-0.4, -0.2) is 32.0 Å². The zero-order valence-electron chi connectivity index (χ0n) is 11.3. The van der Waals surface area contributed by atoms with Crippen molar-refractivity contribution in [1.82, 2.24) is 5.32 Å². The minimum atomic E-state index is -3.00. The molecular formula is C12H27NO2S. The Morgan fingerprint density at radius 2 is 1.69 bits per heavy atom. The van der Waals surface area contributed by atoms with Gasteiger partial charge in [-0.3, -0.25) is 0 Å². The summed E-state index contributed by atoms with van der Waals surface area (Å²) in [5, 5.41) is 3.35. The maximum atomic E-state index is 11.8. The molecule has 0 heterocycles. The van der Waals surface area contributed by atoms with Crippen LogP contribution in [0, 0.1) is 0 Å². The van der Waals surface area contributed by atoms with Crippen molar-refractivity contribution in [2.75, 3.05) is 12.8 Å². The Hall–Kier alpha value is -0.0900. The Morgan fingerprint density at radius 1 is 1.19 bits per heavy atom. The average molecular weight is 249 g/mol. The van der Waals surface area contributed by atoms with Crippen LogP contribution in [0.3, 0.4) is 0 Å². The SMILES string of the molecule is CCCC(C)NCC(CC)(CC)S(C)(=O)=O. The molecule has 0 aliphatic heterocycles. The lowest BCUT2D eigenvalue weighted by Crippen LogP contribution is -2.48. The van der Waals surface area contributed by atoms with Crippen LogP contribution in [0.5, 0.6) is 0 Å². The predicted octanol–water partition coefficient (Wildman–Crippen LogP) is 2.37. The number of nitrogens with one attached hydrogen (secondary N) is 1. The Labute approximate surface area is 101 Å². The summed E-state index contributed by atoms with van der Waals surface area (Å²) in [5.74, 6) is 0. The molecule has 0 aromatic carbocycles. The van der Waals surface area contributed by atoms with Gasteiger partial charge in [-0.25, -0.2) is 8.42 Å². The van der Waals surface area contributed by atoms with E-state index in [9.17, 15) is 8.42 Å². The lowest BCUT2D eigenvalue weighted by atomic mass is 10.0. The quantitative estimate of drug-likeness (QED) is 0.718. The van der Waals surface area contributed by atoms with Gasteiger partial charge < -0.3 is 5.32 Å². The third-order valence-corrected chi connectivity index (χ3v) is 5.86. The van der Waals surface area contributed by atoms with E-state index in [0.717, 1.165) is 12.8 Å². The monoisotopic (exact) mass is 249 g/mol. The van der Waals surface area contributed by atoms with Gasteiger partial charge in [0.05, 0.1) is 4.75 Å². The van der Waals surface area contributed by atoms with E-state index in [1.807, 2.05) is 13.8 Å². The fourth-order valence-electron chi connectivity index (χ4n) is 2.05. The van der Waals surface area contributed by atoms with E-state index in [4.69, 9.17) is 0 Å². The maximum Gasteiger partial charge on any atom is 0.154 e. The third-order valence-electron chi connectivity index (χ3n) is 3.57. The molecule has 16 heavy (non-hydrogen) atoms. The molecule has 0 bridgehead atoms. The Balaban J connectivity index is 4.59. The van der Waals surface area contributed by atoms with Crippen molar-refractivity contribution in [3.05, 3.63) is 0 Å². The molecule has 4 heteroatoms. The largest absolute Gasteiger partial charge is 0.313 e. The van der Waals surface area contributed by atoms with Crippen LogP contribution in [0.25, 0.3) is 0 Å². The summed E-state index contributed by atoms with van der Waals surface area (Å²) in [6.45, 7) is 8.73. The Kier molecular flexibility index (Phi) is 6.56. The van der Waals surface area contributed by atoms with Gasteiger partial charge in [0.25, 0.3) is 0 Å². The van der Waals surface area contributed by atoms with Crippen LogP contribution in [0.1, 0.15) is 53.4 Å². The summed E-state index contributed by atoms with van der Waals surface area (Å²) >= 11 is 0. The van der Waals surface area contributed by atoms with Gasteiger partial charge in [0.15, 0.2) is 9.84 Å². The summed E-state index contributed by atoms with van der Waals surface area (Å²) in [7, 11) is -3.00. The van der Waals surface area contributed by atoms with Crippen LogP contribution in [0.2, 0.25) is 0 Å². The third kappa shape index (κ3) is 4.06. The summed E-state index contributed by atoms with van der Waals surface area (Å²) in [6.07, 6.45) is 4.92. The van der Waals surface area contributed by atoms with Gasteiger partial charge in [-0.15, -0.1) is 0 Å². The maximum absolute atomic E-state index is 11.8. The molecule has 1 N–H and O–H groups in total. The normalized spacial score (nSPS) is 15.1. The van der Waals surface area contributed by atoms with Gasteiger partial charge >= 0.3 is 0 Å². The van der Waals surface area contributed by atoms with Crippen LogP contribution < -0.4 is 5.32 Å². The molecule has 3 nitrogen and oxygen atoms in total. The second kappa shape index (κ2) is 6.60. The van der Waals surface area contributed by atoms with Gasteiger partial charge in [-0.05, 0) is 26.2 Å². The fourth-order valence-corrected chi connectivity index (χ4v) is 3.45. The fraction of sp³-hybridized carbons (Fsp3) is 1.00. The highest BCUT2D eigenvalue weighted by molar-refractivity contribution is 7.92. The zero-order valence-corrected chi connectivity index (χ0v) is 12.2. The van der Waals surface area contributed by atoms with Crippen molar-refractivity contribution in [3.8, 4) is 0 Å². The van der Waals surface area contributed by atoms with Crippen molar-refractivity contribution in [2.45, 2.75) is 64.2 Å². The molecule has 1 atom stereocenters. The standard InChI is InChI=1S/C12H27NO2S/c1-6-9-11(4)13-10-12(7-2,8-3)16(5,14)15/h11,13H,6-10H2,1-5H3. The summed E-state index contributed by atoms with van der Waals surface area (Å²) in [6, 6.07) is 0.393. The average Bonchev–Trinajstić information content (AvgIpc) is 2.18. The molecule has 0 aliphatic carbocycles. The van der Waals surface area contributed by atoms with E-state index in [1.165, 1.54) is 6.26 Å². The van der Waals surface area contributed by atoms with Crippen LogP contribution in [0.4, 0.5) is 0 Å². The molecule has 0 saturated heterocycles. The molecule has 0 aromatic rings. The van der Waals surface area contributed by atoms with E-state index in [2.05, 4.69) is 19.2 Å². The topological polar surface area (TPSA) is 46.2 Å². The van der Waals surface area contributed by atoms with Gasteiger partial charge in [0.2, 0.25) is 0 Å². The van der Waals surface area contributed by atoms with Crippen molar-refractivity contribution in [3.63, 3.8) is 0 Å². The number of sulfone groups is 1. The van der Waals surface area contributed by atoms with Gasteiger partial charge in [-0.1, -0.05) is 27.2 Å². The molecule has 0 saturated carbocycles. The minimum absolute atomic E-state index is 0.393. The van der Waals surface area contributed by atoms with E-state index < -0.39 is 14.6 Å². The zero-order chi connectivity index (χ0) is 12.8. The number of hydrogen-bond acceptors (Lipinski definition) is 3. The van der Waals surface area contributed by atoms with Crippen LogP contribution in [-0.2, 0) is 9.84 Å². The molecule has 0 rings (SSSR count). The molecule has 0 fully saturated rings. The van der Waals surface area contributed by atoms with E-state index in [0.29, 0.717) is 25.4 Å². The minimum Gasteiger partial charge on any atom is -0.313 e. The van der Waals surface area contributed by atoms with Gasteiger partial charge in [-0.2, -0.15) is 0 Å². The molecule has 0 spiro atoms. The summed E-state index contributed by atoms with van der Waals surface area (Å²) < 4.78 is 23.1. The highest BCUT2D eigenvalue weighted by Crippen LogP contribution is 2.24. The first-order chi connectivity index (χ1) is 7.33. The summed E-state index contributed by atoms with van der Waals surface area (Å²) in [4.78, 5) is 0. The number of rotatable bonds is 8. The molecule has 0 amide bonds. The Bertz CT molecular complexity index is 281. The highest BCUT2D eigenvalue weighted by Gasteiger charge is 2.37. The van der Waals surface area contributed by atoms with Crippen molar-refractivity contribution < 1.29 is 8.42 Å². The van der Waals surface area contributed by atoms with Crippen molar-refractivity contribution >= 4 is 9.84 Å². The van der Waals surface area contributed by atoms with E-state index in [-0.39, 0.29) is 0 Å². The smallest absolute Gasteiger partial charge is 0.154 e. The summed E-state index contributed by atoms with van der Waals surface area (Å²) in [5.41, 5.74) is 0. The molecule has 1 unspecified atom stereocenters. The van der Waals surface area contributed by atoms with Gasteiger partial charge in [0.1, 0.15) is 0 Å². The second-order valence-electron chi connectivity index (χ2n) is 4.73. The van der Waals surface area contributed by atoms with E-state index >= 15 is 0 Å². The first-order valence-corrected chi connectivity index (χ1v) is 8.15. The molecule has 0 aliphatic rings. The highest BCUT2D eigenvalue weighted by atomic mass is 32.2. The van der Waals surface area contributed by atoms with E-state index in [1.54, 1.807) is 0 Å². The first kappa shape index (κ1) is 15.9. The lowest BCUT2D eigenvalue weighted by Gasteiger charge is -2.31. The van der Waals surface area contributed by atoms with Crippen molar-refractivity contribution in [2.24, 2.45) is 0 Å². The molecule has 0 aromatic heterocycles. The molecule has 98 valence electrons.